The van der Waals surface area contributed by atoms with Gasteiger partial charge in [0.2, 0.25) is 0 Å². The van der Waals surface area contributed by atoms with E-state index < -0.39 is 5.60 Å². The molecule has 0 fully saturated rings. The lowest BCUT2D eigenvalue weighted by atomic mass is 9.87. The highest BCUT2D eigenvalue weighted by Crippen LogP contribution is 2.26. The van der Waals surface area contributed by atoms with Crippen LogP contribution in [0.25, 0.3) is 0 Å². The average molecular weight is 390 g/mol. The molecule has 0 aliphatic rings. The number of nitrogens with one attached hydrogen (secondary N) is 1. The van der Waals surface area contributed by atoms with Gasteiger partial charge in [0.1, 0.15) is 5.75 Å². The van der Waals surface area contributed by atoms with E-state index in [0.717, 1.165) is 10.2 Å². The first-order chi connectivity index (χ1) is 11.1. The minimum atomic E-state index is -0.976. The van der Waals surface area contributed by atoms with Crippen molar-refractivity contribution in [1.29, 1.82) is 0 Å². The molecule has 2 rings (SSSR count). The zero-order chi connectivity index (χ0) is 18.0. The molecule has 0 bridgehead atoms. The summed E-state index contributed by atoms with van der Waals surface area (Å²) in [6, 6.07) is 15.4. The van der Waals surface area contributed by atoms with Gasteiger partial charge in [-0.05, 0) is 61.2 Å². The van der Waals surface area contributed by atoms with Crippen molar-refractivity contribution in [2.24, 2.45) is 0 Å². The Morgan fingerprint density at radius 3 is 1.96 bits per heavy atom. The third-order valence-electron chi connectivity index (χ3n) is 3.74. The molecule has 128 valence electrons. The Bertz CT molecular complexity index is 698. The highest BCUT2D eigenvalue weighted by molar-refractivity contribution is 9.10. The molecule has 0 aromatic heterocycles. The van der Waals surface area contributed by atoms with E-state index in [4.69, 9.17) is 4.74 Å². The summed E-state index contributed by atoms with van der Waals surface area (Å²) < 4.78 is 6.87. The highest BCUT2D eigenvalue weighted by atomic mass is 79.9. The predicted molar refractivity (Wildman–Crippen MR) is 103 cm³/mol. The molecular formula is C20H24BrNO2. The standard InChI is InChI=1S/C20H24BrNO2/c1-19(2,3)14-6-12-17(13-7-14)24-20(4,5)18(23)22-16-10-8-15(21)9-11-16/h6-13H,1-5H3,(H,22,23). The van der Waals surface area contributed by atoms with Crippen LogP contribution in [0.15, 0.2) is 53.0 Å². The van der Waals surface area contributed by atoms with Crippen LogP contribution in [0.1, 0.15) is 40.2 Å². The van der Waals surface area contributed by atoms with Crippen LogP contribution < -0.4 is 10.1 Å². The minimum absolute atomic E-state index is 0.0903. The monoisotopic (exact) mass is 389 g/mol. The summed E-state index contributed by atoms with van der Waals surface area (Å²) in [6.45, 7) is 10.0. The van der Waals surface area contributed by atoms with Crippen molar-refractivity contribution < 1.29 is 9.53 Å². The molecule has 0 aliphatic carbocycles. The van der Waals surface area contributed by atoms with Crippen LogP contribution >= 0.6 is 15.9 Å². The summed E-state index contributed by atoms with van der Waals surface area (Å²) in [4.78, 5) is 12.5. The van der Waals surface area contributed by atoms with Gasteiger partial charge in [0.05, 0.1) is 0 Å². The van der Waals surface area contributed by atoms with E-state index >= 15 is 0 Å². The first-order valence-corrected chi connectivity index (χ1v) is 8.74. The van der Waals surface area contributed by atoms with Gasteiger partial charge in [-0.1, -0.05) is 48.8 Å². The summed E-state index contributed by atoms with van der Waals surface area (Å²) in [5.41, 5.74) is 1.08. The second-order valence-corrected chi connectivity index (χ2v) is 8.26. The summed E-state index contributed by atoms with van der Waals surface area (Å²) in [5, 5.41) is 2.88. The lowest BCUT2D eigenvalue weighted by molar-refractivity contribution is -0.128. The molecular weight excluding hydrogens is 366 g/mol. The molecule has 0 saturated heterocycles. The Morgan fingerprint density at radius 1 is 0.917 bits per heavy atom. The van der Waals surface area contributed by atoms with Crippen LogP contribution in [-0.4, -0.2) is 11.5 Å². The number of benzene rings is 2. The number of halogens is 1. The van der Waals surface area contributed by atoms with Crippen molar-refractivity contribution >= 4 is 27.5 Å². The Hall–Kier alpha value is -1.81. The molecule has 0 atom stereocenters. The van der Waals surface area contributed by atoms with Crippen molar-refractivity contribution in [1.82, 2.24) is 0 Å². The van der Waals surface area contributed by atoms with Gasteiger partial charge in [-0.15, -0.1) is 0 Å². The normalized spacial score (nSPS) is 11.9. The molecule has 0 saturated carbocycles. The third-order valence-corrected chi connectivity index (χ3v) is 4.27. The first kappa shape index (κ1) is 18.5. The van der Waals surface area contributed by atoms with Crippen LogP contribution in [-0.2, 0) is 10.2 Å². The number of rotatable bonds is 4. The quantitative estimate of drug-likeness (QED) is 0.744. The van der Waals surface area contributed by atoms with Crippen LogP contribution in [0.4, 0.5) is 5.69 Å². The fraction of sp³-hybridized carbons (Fsp3) is 0.350. The van der Waals surface area contributed by atoms with E-state index in [0.29, 0.717) is 5.75 Å². The molecule has 0 radical (unpaired) electrons. The van der Waals surface area contributed by atoms with Crippen molar-refractivity contribution in [2.45, 2.75) is 45.6 Å². The predicted octanol–water partition coefficient (Wildman–Crippen LogP) is 5.54. The van der Waals surface area contributed by atoms with E-state index in [9.17, 15) is 4.79 Å². The smallest absolute Gasteiger partial charge is 0.267 e. The zero-order valence-corrected chi connectivity index (χ0v) is 16.4. The summed E-state index contributed by atoms with van der Waals surface area (Å²) in [6.07, 6.45) is 0. The molecule has 0 heterocycles. The van der Waals surface area contributed by atoms with Gasteiger partial charge in [0.15, 0.2) is 5.60 Å². The van der Waals surface area contributed by atoms with Crippen molar-refractivity contribution in [3.8, 4) is 5.75 Å². The molecule has 24 heavy (non-hydrogen) atoms. The topological polar surface area (TPSA) is 38.3 Å². The van der Waals surface area contributed by atoms with Gasteiger partial charge in [-0.25, -0.2) is 0 Å². The Kier molecular flexibility index (Phi) is 5.38. The van der Waals surface area contributed by atoms with E-state index in [-0.39, 0.29) is 11.3 Å². The number of amides is 1. The van der Waals surface area contributed by atoms with Gasteiger partial charge in [0.25, 0.3) is 5.91 Å². The second kappa shape index (κ2) is 6.98. The fourth-order valence-corrected chi connectivity index (χ4v) is 2.44. The maximum Gasteiger partial charge on any atom is 0.267 e. The Morgan fingerprint density at radius 2 is 1.46 bits per heavy atom. The molecule has 0 aliphatic heterocycles. The molecule has 1 amide bonds. The van der Waals surface area contributed by atoms with Gasteiger partial charge in [0, 0.05) is 10.2 Å². The molecule has 1 N–H and O–H groups in total. The molecule has 0 unspecified atom stereocenters. The lowest BCUT2D eigenvalue weighted by Crippen LogP contribution is -2.42. The van der Waals surface area contributed by atoms with E-state index in [1.54, 1.807) is 13.8 Å². The van der Waals surface area contributed by atoms with Gasteiger partial charge in [-0.2, -0.15) is 0 Å². The molecule has 4 heteroatoms. The summed E-state index contributed by atoms with van der Waals surface area (Å²) >= 11 is 3.38. The average Bonchev–Trinajstić information content (AvgIpc) is 2.48. The van der Waals surface area contributed by atoms with Crippen LogP contribution in [0.2, 0.25) is 0 Å². The van der Waals surface area contributed by atoms with Gasteiger partial charge in [-0.3, -0.25) is 4.79 Å². The summed E-state index contributed by atoms with van der Waals surface area (Å²) in [7, 11) is 0. The Labute approximate surface area is 152 Å². The molecule has 2 aromatic rings. The third kappa shape index (κ3) is 4.84. The second-order valence-electron chi connectivity index (χ2n) is 7.35. The van der Waals surface area contributed by atoms with Crippen molar-refractivity contribution in [3.05, 3.63) is 58.6 Å². The van der Waals surface area contributed by atoms with Crippen LogP contribution in [0.3, 0.4) is 0 Å². The zero-order valence-electron chi connectivity index (χ0n) is 14.8. The van der Waals surface area contributed by atoms with Crippen LogP contribution in [0, 0.1) is 0 Å². The number of carbonyl (C=O) groups is 1. The maximum atomic E-state index is 12.5. The minimum Gasteiger partial charge on any atom is -0.478 e. The number of ether oxygens (including phenoxy) is 1. The molecule has 2 aromatic carbocycles. The largest absolute Gasteiger partial charge is 0.478 e. The first-order valence-electron chi connectivity index (χ1n) is 7.94. The number of anilines is 1. The van der Waals surface area contributed by atoms with Crippen molar-refractivity contribution in [2.75, 3.05) is 5.32 Å². The molecule has 0 spiro atoms. The van der Waals surface area contributed by atoms with Crippen LogP contribution in [0.5, 0.6) is 5.75 Å². The van der Waals surface area contributed by atoms with E-state index in [2.05, 4.69) is 42.0 Å². The SMILES string of the molecule is CC(C)(Oc1ccc(C(C)(C)C)cc1)C(=O)Nc1ccc(Br)cc1. The van der Waals surface area contributed by atoms with Gasteiger partial charge < -0.3 is 10.1 Å². The molecule has 3 nitrogen and oxygen atoms in total. The van der Waals surface area contributed by atoms with E-state index in [1.807, 2.05) is 48.5 Å². The fourth-order valence-electron chi connectivity index (χ4n) is 2.18. The van der Waals surface area contributed by atoms with E-state index in [1.165, 1.54) is 5.56 Å². The number of hydrogen-bond acceptors (Lipinski definition) is 2. The van der Waals surface area contributed by atoms with Gasteiger partial charge >= 0.3 is 0 Å². The maximum absolute atomic E-state index is 12.5. The highest BCUT2D eigenvalue weighted by Gasteiger charge is 2.30. The number of carbonyl (C=O) groups excluding carboxylic acids is 1. The number of hydrogen-bond donors (Lipinski definition) is 1. The lowest BCUT2D eigenvalue weighted by Gasteiger charge is -2.26. The summed E-state index contributed by atoms with van der Waals surface area (Å²) in [5.74, 6) is 0.490. The Balaban J connectivity index is 2.06. The van der Waals surface area contributed by atoms with Crippen molar-refractivity contribution in [3.63, 3.8) is 0 Å².